The maximum absolute atomic E-state index is 13.5. The summed E-state index contributed by atoms with van der Waals surface area (Å²) in [5, 5.41) is 6.10. The van der Waals surface area contributed by atoms with Crippen molar-refractivity contribution in [1.29, 1.82) is 0 Å². The van der Waals surface area contributed by atoms with E-state index >= 15 is 0 Å². The molecule has 1 aromatic carbocycles. The van der Waals surface area contributed by atoms with Crippen molar-refractivity contribution in [2.45, 2.75) is 32.6 Å². The number of carbonyl (C=O) groups is 1. The third-order valence-electron chi connectivity index (χ3n) is 4.67. The van der Waals surface area contributed by atoms with E-state index in [1.165, 1.54) is 6.07 Å². The van der Waals surface area contributed by atoms with Crippen molar-refractivity contribution >= 4 is 22.4 Å². The van der Waals surface area contributed by atoms with Crippen LogP contribution in [0.25, 0.3) is 0 Å². The summed E-state index contributed by atoms with van der Waals surface area (Å²) in [5.41, 5.74) is 1.50. The van der Waals surface area contributed by atoms with Crippen LogP contribution in [0.1, 0.15) is 30.4 Å². The van der Waals surface area contributed by atoms with Gasteiger partial charge >= 0.3 is 0 Å². The van der Waals surface area contributed by atoms with Crippen molar-refractivity contribution in [3.63, 3.8) is 0 Å². The van der Waals surface area contributed by atoms with E-state index < -0.39 is 0 Å². The van der Waals surface area contributed by atoms with Crippen LogP contribution in [-0.2, 0) is 11.2 Å². The highest BCUT2D eigenvalue weighted by Gasteiger charge is 2.21. The van der Waals surface area contributed by atoms with E-state index in [0.29, 0.717) is 30.9 Å². The lowest BCUT2D eigenvalue weighted by atomic mass is 9.98. The van der Waals surface area contributed by atoms with Crippen LogP contribution in [0.5, 0.6) is 0 Å². The molecule has 1 aromatic heterocycles. The standard InChI is InChI=1S/C19H24FN3OS/c1-14-4-5-15(11-17(14)20)6-7-18(24)22-12-16-3-2-9-23(13-16)19-21-8-10-25-19/h4-5,8,10-11,16H,2-3,6-7,9,12-13H2,1H3,(H,22,24). The topological polar surface area (TPSA) is 45.2 Å². The van der Waals surface area contributed by atoms with Gasteiger partial charge in [0.05, 0.1) is 0 Å². The molecule has 0 bridgehead atoms. The Morgan fingerprint density at radius 2 is 2.36 bits per heavy atom. The predicted octanol–water partition coefficient (Wildman–Crippen LogP) is 3.56. The molecule has 2 heterocycles. The Morgan fingerprint density at radius 1 is 1.48 bits per heavy atom. The van der Waals surface area contributed by atoms with Crippen LogP contribution in [-0.4, -0.2) is 30.5 Å². The number of hydrogen-bond donors (Lipinski definition) is 1. The summed E-state index contributed by atoms with van der Waals surface area (Å²) in [5.74, 6) is 0.285. The van der Waals surface area contributed by atoms with Gasteiger partial charge in [-0.05, 0) is 49.3 Å². The van der Waals surface area contributed by atoms with E-state index in [4.69, 9.17) is 0 Å². The highest BCUT2D eigenvalue weighted by atomic mass is 32.1. The first-order valence-electron chi connectivity index (χ1n) is 8.78. The molecule has 1 fully saturated rings. The lowest BCUT2D eigenvalue weighted by molar-refractivity contribution is -0.121. The third-order valence-corrected chi connectivity index (χ3v) is 5.51. The Balaban J connectivity index is 1.41. The zero-order chi connectivity index (χ0) is 17.6. The van der Waals surface area contributed by atoms with Crippen LogP contribution >= 0.6 is 11.3 Å². The Kier molecular flexibility index (Phi) is 6.02. The lowest BCUT2D eigenvalue weighted by Crippen LogP contribution is -2.41. The number of aryl methyl sites for hydroxylation is 2. The first-order valence-corrected chi connectivity index (χ1v) is 9.66. The fraction of sp³-hybridized carbons (Fsp3) is 0.474. The van der Waals surface area contributed by atoms with Crippen molar-refractivity contribution < 1.29 is 9.18 Å². The van der Waals surface area contributed by atoms with E-state index in [1.54, 1.807) is 24.3 Å². The Hall–Kier alpha value is -1.95. The van der Waals surface area contributed by atoms with Gasteiger partial charge in [0.25, 0.3) is 0 Å². The minimum Gasteiger partial charge on any atom is -0.356 e. The number of nitrogens with one attached hydrogen (secondary N) is 1. The molecule has 0 radical (unpaired) electrons. The number of thiazole rings is 1. The van der Waals surface area contributed by atoms with Gasteiger partial charge in [-0.1, -0.05) is 12.1 Å². The molecule has 1 saturated heterocycles. The Morgan fingerprint density at radius 3 is 3.12 bits per heavy atom. The number of benzene rings is 1. The summed E-state index contributed by atoms with van der Waals surface area (Å²) in [4.78, 5) is 18.8. The zero-order valence-electron chi connectivity index (χ0n) is 14.5. The summed E-state index contributed by atoms with van der Waals surface area (Å²) in [6.45, 7) is 4.42. The molecule has 0 saturated carbocycles. The first-order chi connectivity index (χ1) is 12.1. The Labute approximate surface area is 152 Å². The second kappa shape index (κ2) is 8.43. The lowest BCUT2D eigenvalue weighted by Gasteiger charge is -2.32. The predicted molar refractivity (Wildman–Crippen MR) is 99.5 cm³/mol. The summed E-state index contributed by atoms with van der Waals surface area (Å²) >= 11 is 1.66. The summed E-state index contributed by atoms with van der Waals surface area (Å²) in [6.07, 6.45) is 5.05. The van der Waals surface area contributed by atoms with Gasteiger partial charge in [0.2, 0.25) is 5.91 Å². The number of anilines is 1. The van der Waals surface area contributed by atoms with E-state index in [2.05, 4.69) is 15.2 Å². The van der Waals surface area contributed by atoms with Crippen molar-refractivity contribution in [1.82, 2.24) is 10.3 Å². The largest absolute Gasteiger partial charge is 0.356 e. The molecule has 6 heteroatoms. The molecule has 0 aliphatic carbocycles. The van der Waals surface area contributed by atoms with Crippen LogP contribution in [0.15, 0.2) is 29.8 Å². The molecule has 1 atom stereocenters. The molecule has 1 aliphatic heterocycles. The monoisotopic (exact) mass is 361 g/mol. The molecular weight excluding hydrogens is 337 g/mol. The average molecular weight is 361 g/mol. The van der Waals surface area contributed by atoms with Crippen molar-refractivity contribution in [2.24, 2.45) is 5.92 Å². The molecule has 0 spiro atoms. The fourth-order valence-electron chi connectivity index (χ4n) is 3.17. The van der Waals surface area contributed by atoms with E-state index in [-0.39, 0.29) is 11.7 Å². The minimum atomic E-state index is -0.206. The molecular formula is C19H24FN3OS. The molecule has 2 aromatic rings. The number of aromatic nitrogens is 1. The summed E-state index contributed by atoms with van der Waals surface area (Å²) < 4.78 is 13.5. The van der Waals surface area contributed by atoms with Gasteiger partial charge in [-0.2, -0.15) is 0 Å². The average Bonchev–Trinajstić information content (AvgIpc) is 3.16. The molecule has 134 valence electrons. The van der Waals surface area contributed by atoms with Crippen molar-refractivity contribution in [3.8, 4) is 0 Å². The fourth-order valence-corrected chi connectivity index (χ4v) is 3.85. The second-order valence-corrected chi connectivity index (χ2v) is 7.53. The van der Waals surface area contributed by atoms with Crippen molar-refractivity contribution in [3.05, 3.63) is 46.7 Å². The second-order valence-electron chi connectivity index (χ2n) is 6.66. The van der Waals surface area contributed by atoms with Crippen LogP contribution in [0.3, 0.4) is 0 Å². The number of hydrogen-bond acceptors (Lipinski definition) is 4. The van der Waals surface area contributed by atoms with Gasteiger partial charge in [-0.25, -0.2) is 9.37 Å². The van der Waals surface area contributed by atoms with Crippen LogP contribution < -0.4 is 10.2 Å². The third kappa shape index (κ3) is 5.01. The molecule has 1 amide bonds. The van der Waals surface area contributed by atoms with Crippen molar-refractivity contribution in [2.75, 3.05) is 24.5 Å². The summed E-state index contributed by atoms with van der Waals surface area (Å²) in [6, 6.07) is 5.17. The summed E-state index contributed by atoms with van der Waals surface area (Å²) in [7, 11) is 0. The highest BCUT2D eigenvalue weighted by molar-refractivity contribution is 7.13. The number of amides is 1. The van der Waals surface area contributed by atoms with Crippen LogP contribution in [0.4, 0.5) is 9.52 Å². The van der Waals surface area contributed by atoms with Gasteiger partial charge in [0.15, 0.2) is 5.13 Å². The van der Waals surface area contributed by atoms with Crippen LogP contribution in [0.2, 0.25) is 0 Å². The quantitative estimate of drug-likeness (QED) is 0.856. The Bertz CT molecular complexity index is 705. The van der Waals surface area contributed by atoms with Gasteiger partial charge in [-0.3, -0.25) is 4.79 Å². The van der Waals surface area contributed by atoms with E-state index in [9.17, 15) is 9.18 Å². The zero-order valence-corrected chi connectivity index (χ0v) is 15.3. The first kappa shape index (κ1) is 17.9. The number of rotatable bonds is 6. The molecule has 1 N–H and O–H groups in total. The number of nitrogens with zero attached hydrogens (tertiary/aromatic N) is 2. The molecule has 1 aliphatic rings. The van der Waals surface area contributed by atoms with Gasteiger partial charge < -0.3 is 10.2 Å². The molecule has 3 rings (SSSR count). The number of piperidine rings is 1. The van der Waals surface area contributed by atoms with Crippen LogP contribution in [0, 0.1) is 18.7 Å². The van der Waals surface area contributed by atoms with E-state index in [0.717, 1.165) is 36.6 Å². The SMILES string of the molecule is Cc1ccc(CCC(=O)NCC2CCCN(c3nccs3)C2)cc1F. The minimum absolute atomic E-state index is 0.0346. The van der Waals surface area contributed by atoms with Gasteiger partial charge in [0, 0.05) is 37.6 Å². The molecule has 25 heavy (non-hydrogen) atoms. The van der Waals surface area contributed by atoms with Gasteiger partial charge in [0.1, 0.15) is 5.82 Å². The van der Waals surface area contributed by atoms with E-state index in [1.807, 2.05) is 17.6 Å². The maximum Gasteiger partial charge on any atom is 0.220 e. The molecule has 1 unspecified atom stereocenters. The van der Waals surface area contributed by atoms with Gasteiger partial charge in [-0.15, -0.1) is 11.3 Å². The smallest absolute Gasteiger partial charge is 0.220 e. The maximum atomic E-state index is 13.5. The highest BCUT2D eigenvalue weighted by Crippen LogP contribution is 2.24. The normalized spacial score (nSPS) is 17.5. The number of carbonyl (C=O) groups excluding carboxylic acids is 1. The number of halogens is 1. The molecule has 4 nitrogen and oxygen atoms in total.